The molecular weight excluding hydrogens is 234 g/mol. The van der Waals surface area contributed by atoms with Crippen LogP contribution in [0.2, 0.25) is 0 Å². The predicted molar refractivity (Wildman–Crippen MR) is 58.7 cm³/mol. The summed E-state index contributed by atoms with van der Waals surface area (Å²) in [7, 11) is 1.25. The van der Waals surface area contributed by atoms with Gasteiger partial charge in [-0.05, 0) is 18.6 Å². The molecule has 0 spiro atoms. The minimum Gasteiger partial charge on any atom is -0.465 e. The lowest BCUT2D eigenvalue weighted by Gasteiger charge is -2.06. The Morgan fingerprint density at radius 2 is 2.19 bits per heavy atom. The number of nitro groups is 1. The number of aryl methyl sites for hydroxylation is 1. The summed E-state index contributed by atoms with van der Waals surface area (Å²) in [5, 5.41) is 10.7. The molecule has 1 rings (SSSR count). The summed E-state index contributed by atoms with van der Waals surface area (Å²) in [5.74, 6) is -0.556. The van der Waals surface area contributed by atoms with E-state index in [1.54, 1.807) is 6.92 Å². The van der Waals surface area contributed by atoms with E-state index in [1.807, 2.05) is 0 Å². The van der Waals surface area contributed by atoms with Crippen LogP contribution in [0.4, 0.5) is 5.69 Å². The van der Waals surface area contributed by atoms with Gasteiger partial charge in [0.1, 0.15) is 0 Å². The molecule has 1 aromatic rings. The summed E-state index contributed by atoms with van der Waals surface area (Å²) in [6, 6.07) is 2.72. The molecule has 0 saturated heterocycles. The average Bonchev–Trinajstić information content (AvgIpc) is 2.27. The normalized spacial score (nSPS) is 9.94. The van der Waals surface area contributed by atoms with E-state index in [9.17, 15) is 14.9 Å². The van der Waals surface area contributed by atoms with Gasteiger partial charge in [0.05, 0.1) is 23.5 Å². The van der Waals surface area contributed by atoms with Crippen LogP contribution in [0.3, 0.4) is 0 Å². The summed E-state index contributed by atoms with van der Waals surface area (Å²) in [6.45, 7) is 1.61. The lowest BCUT2D eigenvalue weighted by atomic mass is 10.0. The van der Waals surface area contributed by atoms with Crippen LogP contribution in [0.5, 0.6) is 0 Å². The number of carbonyl (C=O) groups is 1. The molecule has 0 saturated carbocycles. The number of esters is 1. The quantitative estimate of drug-likeness (QED) is 0.354. The molecule has 0 aromatic heterocycles. The summed E-state index contributed by atoms with van der Waals surface area (Å²) < 4.78 is 4.57. The third-order valence-electron chi connectivity index (χ3n) is 2.17. The molecule has 0 aliphatic carbocycles. The fourth-order valence-electron chi connectivity index (χ4n) is 1.34. The van der Waals surface area contributed by atoms with Crippen molar-refractivity contribution in [3.05, 3.63) is 38.9 Å². The lowest BCUT2D eigenvalue weighted by molar-refractivity contribution is -0.385. The number of benzene rings is 1. The zero-order valence-corrected chi connectivity index (χ0v) is 9.58. The first-order chi connectivity index (χ1) is 7.51. The fourth-order valence-corrected chi connectivity index (χ4v) is 1.56. The van der Waals surface area contributed by atoms with Crippen LogP contribution in [0.1, 0.15) is 21.5 Å². The van der Waals surface area contributed by atoms with Crippen molar-refractivity contribution in [3.63, 3.8) is 0 Å². The van der Waals surface area contributed by atoms with Crippen molar-refractivity contribution in [1.82, 2.24) is 0 Å². The molecule has 0 atom stereocenters. The van der Waals surface area contributed by atoms with Gasteiger partial charge in [0.25, 0.3) is 5.69 Å². The van der Waals surface area contributed by atoms with Crippen LogP contribution >= 0.6 is 11.6 Å². The second-order valence-corrected chi connectivity index (χ2v) is 3.45. The second kappa shape index (κ2) is 4.94. The largest absolute Gasteiger partial charge is 0.465 e. The molecule has 0 amide bonds. The van der Waals surface area contributed by atoms with Crippen molar-refractivity contribution in [2.45, 2.75) is 12.8 Å². The minimum absolute atomic E-state index is 0.0272. The van der Waals surface area contributed by atoms with Gasteiger partial charge in [-0.1, -0.05) is 0 Å². The third kappa shape index (κ3) is 2.30. The lowest BCUT2D eigenvalue weighted by Crippen LogP contribution is -2.06. The monoisotopic (exact) mass is 243 g/mol. The molecule has 0 aliphatic heterocycles. The number of halogens is 1. The number of nitro benzene ring substituents is 1. The third-order valence-corrected chi connectivity index (χ3v) is 2.46. The Morgan fingerprint density at radius 1 is 1.56 bits per heavy atom. The molecule has 0 heterocycles. The van der Waals surface area contributed by atoms with Crippen LogP contribution in [0.15, 0.2) is 12.1 Å². The first-order valence-corrected chi connectivity index (χ1v) is 4.97. The van der Waals surface area contributed by atoms with Crippen molar-refractivity contribution in [2.24, 2.45) is 0 Å². The van der Waals surface area contributed by atoms with Crippen LogP contribution in [0.25, 0.3) is 0 Å². The highest BCUT2D eigenvalue weighted by Gasteiger charge is 2.19. The molecule has 0 unspecified atom stereocenters. The van der Waals surface area contributed by atoms with Gasteiger partial charge in [-0.2, -0.15) is 0 Å². The molecule has 5 nitrogen and oxygen atoms in total. The molecule has 1 aromatic carbocycles. The highest BCUT2D eigenvalue weighted by molar-refractivity contribution is 6.17. The summed E-state index contributed by atoms with van der Waals surface area (Å²) in [5.41, 5.74) is 1.01. The number of methoxy groups -OCH3 is 1. The molecule has 86 valence electrons. The number of carbonyl (C=O) groups excluding carboxylic acids is 1. The van der Waals surface area contributed by atoms with Crippen molar-refractivity contribution in [2.75, 3.05) is 7.11 Å². The van der Waals surface area contributed by atoms with E-state index in [-0.39, 0.29) is 11.6 Å². The number of ether oxygens (including phenoxy) is 1. The Morgan fingerprint density at radius 3 is 2.62 bits per heavy atom. The molecule has 16 heavy (non-hydrogen) atoms. The van der Waals surface area contributed by atoms with E-state index >= 15 is 0 Å². The molecule has 0 aliphatic rings. The number of hydrogen-bond acceptors (Lipinski definition) is 4. The van der Waals surface area contributed by atoms with Gasteiger partial charge in [-0.15, -0.1) is 11.6 Å². The first kappa shape index (κ1) is 12.4. The van der Waals surface area contributed by atoms with E-state index < -0.39 is 10.9 Å². The van der Waals surface area contributed by atoms with E-state index in [0.717, 1.165) is 0 Å². The van der Waals surface area contributed by atoms with Gasteiger partial charge in [-0.25, -0.2) is 4.79 Å². The maximum absolute atomic E-state index is 11.3. The standard InChI is InChI=1S/C10H10ClNO4/c1-6-3-9(12(14)15)7(5-11)4-8(6)10(13)16-2/h3-4H,5H2,1-2H3. The van der Waals surface area contributed by atoms with Crippen LogP contribution in [-0.4, -0.2) is 18.0 Å². The molecule has 6 heteroatoms. The topological polar surface area (TPSA) is 69.4 Å². The van der Waals surface area contributed by atoms with Gasteiger partial charge < -0.3 is 4.74 Å². The fraction of sp³-hybridized carbons (Fsp3) is 0.300. The Kier molecular flexibility index (Phi) is 3.84. The first-order valence-electron chi connectivity index (χ1n) is 4.43. The smallest absolute Gasteiger partial charge is 0.338 e. The van der Waals surface area contributed by atoms with Crippen LogP contribution in [-0.2, 0) is 10.6 Å². The Labute approximate surface area is 97.1 Å². The Balaban J connectivity index is 3.37. The van der Waals surface area contributed by atoms with Crippen molar-refractivity contribution in [1.29, 1.82) is 0 Å². The molecule has 0 radical (unpaired) electrons. The molecule has 0 fully saturated rings. The van der Waals surface area contributed by atoms with Crippen molar-refractivity contribution < 1.29 is 14.5 Å². The zero-order valence-electron chi connectivity index (χ0n) is 8.82. The minimum atomic E-state index is -0.529. The number of rotatable bonds is 3. The Bertz CT molecular complexity index is 445. The van der Waals surface area contributed by atoms with Gasteiger partial charge in [0, 0.05) is 11.6 Å². The van der Waals surface area contributed by atoms with Crippen LogP contribution < -0.4 is 0 Å². The second-order valence-electron chi connectivity index (χ2n) is 3.18. The molecular formula is C10H10ClNO4. The zero-order chi connectivity index (χ0) is 12.3. The molecule has 0 N–H and O–H groups in total. The summed E-state index contributed by atoms with van der Waals surface area (Å²) in [4.78, 5) is 21.5. The van der Waals surface area contributed by atoms with Gasteiger partial charge in [0.15, 0.2) is 0 Å². The van der Waals surface area contributed by atoms with Gasteiger partial charge >= 0.3 is 5.97 Å². The number of hydrogen-bond donors (Lipinski definition) is 0. The number of nitrogens with zero attached hydrogens (tertiary/aromatic N) is 1. The maximum atomic E-state index is 11.3. The summed E-state index contributed by atoms with van der Waals surface area (Å²) >= 11 is 5.59. The SMILES string of the molecule is COC(=O)c1cc(CCl)c([N+](=O)[O-])cc1C. The summed E-state index contributed by atoms with van der Waals surface area (Å²) in [6.07, 6.45) is 0. The van der Waals surface area contributed by atoms with E-state index in [2.05, 4.69) is 4.74 Å². The van der Waals surface area contributed by atoms with Gasteiger partial charge in [-0.3, -0.25) is 10.1 Å². The highest BCUT2D eigenvalue weighted by atomic mass is 35.5. The van der Waals surface area contributed by atoms with Crippen LogP contribution in [0, 0.1) is 17.0 Å². The van der Waals surface area contributed by atoms with Crippen molar-refractivity contribution in [3.8, 4) is 0 Å². The number of alkyl halides is 1. The van der Waals surface area contributed by atoms with E-state index in [0.29, 0.717) is 16.7 Å². The molecule has 0 bridgehead atoms. The van der Waals surface area contributed by atoms with Crippen molar-refractivity contribution >= 4 is 23.3 Å². The maximum Gasteiger partial charge on any atom is 0.338 e. The highest BCUT2D eigenvalue weighted by Crippen LogP contribution is 2.25. The van der Waals surface area contributed by atoms with Gasteiger partial charge in [0.2, 0.25) is 0 Å². The van der Waals surface area contributed by atoms with E-state index in [1.165, 1.54) is 19.2 Å². The Hall–Kier alpha value is -1.62. The average molecular weight is 244 g/mol. The predicted octanol–water partition coefficient (Wildman–Crippen LogP) is 2.43. The van der Waals surface area contributed by atoms with E-state index in [4.69, 9.17) is 11.6 Å².